The van der Waals surface area contributed by atoms with Gasteiger partial charge in [-0.2, -0.15) is 0 Å². The molecule has 0 aliphatic carbocycles. The number of pyridine rings is 1. The van der Waals surface area contributed by atoms with Crippen LogP contribution in [0.1, 0.15) is 17.4 Å². The number of nitrogens with one attached hydrogen (secondary N) is 1. The van der Waals surface area contributed by atoms with Crippen LogP contribution in [0, 0.1) is 0 Å². The molecule has 0 amide bonds. The number of aromatic nitrogens is 1. The summed E-state index contributed by atoms with van der Waals surface area (Å²) in [7, 11) is 1.97. The normalized spacial score (nSPS) is 12.4. The highest BCUT2D eigenvalue weighted by Crippen LogP contribution is 2.29. The zero-order chi connectivity index (χ0) is 14.5. The summed E-state index contributed by atoms with van der Waals surface area (Å²) in [5.41, 5.74) is 0.993. The summed E-state index contributed by atoms with van der Waals surface area (Å²) in [5.74, 6) is 0.894. The number of ether oxygens (including phenoxy) is 1. The molecule has 0 saturated heterocycles. The predicted octanol–water partition coefficient (Wildman–Crippen LogP) is 4.03. The number of fused-ring (bicyclic) bond motifs is 1. The number of hydrogen-bond donors (Lipinski definition) is 1. The van der Waals surface area contributed by atoms with E-state index in [-0.39, 0.29) is 6.10 Å². The third-order valence-electron chi connectivity index (χ3n) is 3.37. The summed E-state index contributed by atoms with van der Waals surface area (Å²) in [4.78, 5) is 5.60. The smallest absolute Gasteiger partial charge is 0.134 e. The molecule has 21 heavy (non-hydrogen) atoms. The van der Waals surface area contributed by atoms with Crippen LogP contribution in [0.15, 0.2) is 54.0 Å². The fraction of sp³-hybridized carbons (Fsp3) is 0.235. The number of rotatable bonds is 6. The van der Waals surface area contributed by atoms with Crippen LogP contribution in [0.4, 0.5) is 0 Å². The Labute approximate surface area is 128 Å². The first kappa shape index (κ1) is 14.0. The number of hydrogen-bond acceptors (Lipinski definition) is 4. The van der Waals surface area contributed by atoms with Crippen LogP contribution in [0.25, 0.3) is 10.9 Å². The second kappa shape index (κ2) is 6.70. The van der Waals surface area contributed by atoms with Crippen LogP contribution in [0.3, 0.4) is 0 Å². The van der Waals surface area contributed by atoms with Gasteiger partial charge in [0.15, 0.2) is 0 Å². The first-order chi connectivity index (χ1) is 10.4. The van der Waals surface area contributed by atoms with E-state index in [2.05, 4.69) is 39.9 Å². The molecular weight excluding hydrogens is 280 g/mol. The summed E-state index contributed by atoms with van der Waals surface area (Å²) in [6, 6.07) is 14.3. The van der Waals surface area contributed by atoms with Crippen molar-refractivity contribution in [2.45, 2.75) is 12.5 Å². The maximum absolute atomic E-state index is 6.21. The Balaban J connectivity index is 1.83. The van der Waals surface area contributed by atoms with Gasteiger partial charge in [-0.25, -0.2) is 0 Å². The highest BCUT2D eigenvalue weighted by molar-refractivity contribution is 7.10. The first-order valence-electron chi connectivity index (χ1n) is 7.06. The lowest BCUT2D eigenvalue weighted by Crippen LogP contribution is -2.15. The number of thiophene rings is 1. The van der Waals surface area contributed by atoms with Crippen molar-refractivity contribution >= 4 is 22.2 Å². The van der Waals surface area contributed by atoms with Gasteiger partial charge < -0.3 is 10.1 Å². The van der Waals surface area contributed by atoms with Gasteiger partial charge in [-0.05, 0) is 49.3 Å². The summed E-state index contributed by atoms with van der Waals surface area (Å²) < 4.78 is 6.21. The zero-order valence-corrected chi connectivity index (χ0v) is 12.8. The number of benzene rings is 1. The van der Waals surface area contributed by atoms with Gasteiger partial charge in [-0.3, -0.25) is 4.98 Å². The summed E-state index contributed by atoms with van der Waals surface area (Å²) in [5, 5.41) is 6.39. The fourth-order valence-electron chi connectivity index (χ4n) is 2.30. The molecule has 0 unspecified atom stereocenters. The molecule has 2 heterocycles. The average Bonchev–Trinajstić information content (AvgIpc) is 3.05. The minimum atomic E-state index is 0.0894. The van der Waals surface area contributed by atoms with E-state index in [1.54, 1.807) is 11.3 Å². The molecule has 1 atom stereocenters. The van der Waals surface area contributed by atoms with Gasteiger partial charge in [0.2, 0.25) is 0 Å². The number of nitrogens with zero attached hydrogens (tertiary/aromatic N) is 1. The molecule has 1 N–H and O–H groups in total. The predicted molar refractivity (Wildman–Crippen MR) is 88.0 cm³/mol. The lowest BCUT2D eigenvalue weighted by atomic mass is 10.2. The minimum absolute atomic E-state index is 0.0894. The van der Waals surface area contributed by atoms with Crippen molar-refractivity contribution in [2.24, 2.45) is 0 Å². The van der Waals surface area contributed by atoms with Crippen molar-refractivity contribution in [3.8, 4) is 5.75 Å². The molecule has 4 heteroatoms. The Hall–Kier alpha value is -1.91. The van der Waals surface area contributed by atoms with E-state index in [1.165, 1.54) is 4.88 Å². The average molecular weight is 298 g/mol. The highest BCUT2D eigenvalue weighted by atomic mass is 32.1. The van der Waals surface area contributed by atoms with Gasteiger partial charge in [0.1, 0.15) is 11.9 Å². The standard InChI is InChI=1S/C17H18N2OS/c1-18-10-8-16(17-5-3-11-21-17)20-14-6-7-15-13(12-14)4-2-9-19-15/h2-7,9,11-12,16,18H,8,10H2,1H3/t16-/m0/s1. The second-order valence-electron chi connectivity index (χ2n) is 4.87. The van der Waals surface area contributed by atoms with Crippen LogP contribution >= 0.6 is 11.3 Å². The maximum Gasteiger partial charge on any atom is 0.134 e. The minimum Gasteiger partial charge on any atom is -0.485 e. The Morgan fingerprint density at radius 3 is 3.00 bits per heavy atom. The molecule has 3 nitrogen and oxygen atoms in total. The molecule has 0 spiro atoms. The molecule has 0 fully saturated rings. The van der Waals surface area contributed by atoms with Gasteiger partial charge >= 0.3 is 0 Å². The Kier molecular flexibility index (Phi) is 4.48. The third kappa shape index (κ3) is 3.40. The van der Waals surface area contributed by atoms with E-state index in [9.17, 15) is 0 Å². The van der Waals surface area contributed by atoms with Crippen LogP contribution in [0.5, 0.6) is 5.75 Å². The van der Waals surface area contributed by atoms with E-state index in [1.807, 2.05) is 31.4 Å². The van der Waals surface area contributed by atoms with Gasteiger partial charge in [0.25, 0.3) is 0 Å². The molecule has 0 aliphatic rings. The summed E-state index contributed by atoms with van der Waals surface area (Å²) in [6.07, 6.45) is 2.85. The summed E-state index contributed by atoms with van der Waals surface area (Å²) >= 11 is 1.74. The molecule has 108 valence electrons. The molecule has 2 aromatic heterocycles. The molecule has 1 aromatic carbocycles. The first-order valence-corrected chi connectivity index (χ1v) is 7.94. The van der Waals surface area contributed by atoms with Crippen LogP contribution in [-0.2, 0) is 0 Å². The summed E-state index contributed by atoms with van der Waals surface area (Å²) in [6.45, 7) is 0.928. The Morgan fingerprint density at radius 2 is 2.19 bits per heavy atom. The molecular formula is C17H18N2OS. The van der Waals surface area contributed by atoms with Crippen molar-refractivity contribution in [3.05, 3.63) is 58.9 Å². The van der Waals surface area contributed by atoms with E-state index in [0.29, 0.717) is 0 Å². The molecule has 0 aliphatic heterocycles. The Bertz CT molecular complexity index is 697. The fourth-order valence-corrected chi connectivity index (χ4v) is 3.09. The zero-order valence-electron chi connectivity index (χ0n) is 12.0. The van der Waals surface area contributed by atoms with Crippen molar-refractivity contribution in [3.63, 3.8) is 0 Å². The van der Waals surface area contributed by atoms with Gasteiger partial charge in [0, 0.05) is 22.9 Å². The SMILES string of the molecule is CNCC[C@H](Oc1ccc2ncccc2c1)c1cccs1. The largest absolute Gasteiger partial charge is 0.485 e. The van der Waals surface area contributed by atoms with Crippen molar-refractivity contribution < 1.29 is 4.74 Å². The lowest BCUT2D eigenvalue weighted by molar-refractivity contribution is 0.199. The lowest BCUT2D eigenvalue weighted by Gasteiger charge is -2.18. The quantitative estimate of drug-likeness (QED) is 0.746. The molecule has 3 aromatic rings. The van der Waals surface area contributed by atoms with Crippen molar-refractivity contribution in [1.82, 2.24) is 10.3 Å². The molecule has 0 saturated carbocycles. The molecule has 0 radical (unpaired) electrons. The van der Waals surface area contributed by atoms with Crippen LogP contribution in [-0.4, -0.2) is 18.6 Å². The van der Waals surface area contributed by atoms with E-state index >= 15 is 0 Å². The van der Waals surface area contributed by atoms with Crippen LogP contribution in [0.2, 0.25) is 0 Å². The van der Waals surface area contributed by atoms with Gasteiger partial charge in [-0.15, -0.1) is 11.3 Å². The van der Waals surface area contributed by atoms with Crippen LogP contribution < -0.4 is 10.1 Å². The van der Waals surface area contributed by atoms with Gasteiger partial charge in [0.05, 0.1) is 5.52 Å². The third-order valence-corrected chi connectivity index (χ3v) is 4.33. The monoisotopic (exact) mass is 298 g/mol. The highest BCUT2D eigenvalue weighted by Gasteiger charge is 2.14. The van der Waals surface area contributed by atoms with Gasteiger partial charge in [-0.1, -0.05) is 12.1 Å². The second-order valence-corrected chi connectivity index (χ2v) is 5.85. The van der Waals surface area contributed by atoms with E-state index < -0.39 is 0 Å². The molecule has 0 bridgehead atoms. The van der Waals surface area contributed by atoms with Crippen molar-refractivity contribution in [2.75, 3.05) is 13.6 Å². The Morgan fingerprint density at radius 1 is 1.24 bits per heavy atom. The molecule has 3 rings (SSSR count). The topological polar surface area (TPSA) is 34.1 Å². The maximum atomic E-state index is 6.21. The van der Waals surface area contributed by atoms with Crippen molar-refractivity contribution in [1.29, 1.82) is 0 Å². The van der Waals surface area contributed by atoms with E-state index in [0.717, 1.165) is 29.6 Å². The van der Waals surface area contributed by atoms with E-state index in [4.69, 9.17) is 4.74 Å².